The van der Waals surface area contributed by atoms with Gasteiger partial charge in [0.25, 0.3) is 0 Å². The molecule has 0 aromatic heterocycles. The molecule has 1 N–H and O–H groups in total. The molecule has 0 saturated heterocycles. The Morgan fingerprint density at radius 2 is 2.04 bits per heavy atom. The van der Waals surface area contributed by atoms with Gasteiger partial charge in [-0.25, -0.2) is 0 Å². The van der Waals surface area contributed by atoms with E-state index < -0.39 is 5.60 Å². The van der Waals surface area contributed by atoms with Crippen LogP contribution >= 0.6 is 0 Å². The zero-order valence-corrected chi connectivity index (χ0v) is 15.4. The van der Waals surface area contributed by atoms with Gasteiger partial charge in [-0.3, -0.25) is 0 Å². The Morgan fingerprint density at radius 1 is 1.21 bits per heavy atom. The average Bonchev–Trinajstić information content (AvgIpc) is 2.95. The zero-order chi connectivity index (χ0) is 15.9. The van der Waals surface area contributed by atoms with Crippen molar-refractivity contribution in [2.75, 3.05) is 7.11 Å². The van der Waals surface area contributed by atoms with Crippen LogP contribution in [0.4, 0.5) is 0 Å². The number of aliphatic hydroxyl groups is 1. The van der Waals surface area contributed by atoms with Crippen LogP contribution in [-0.4, -0.2) is 17.8 Å². The lowest BCUT2D eigenvalue weighted by molar-refractivity contribution is -0.0966. The van der Waals surface area contributed by atoms with Crippen LogP contribution in [-0.2, 0) is 6.42 Å². The molecule has 3 saturated carbocycles. The van der Waals surface area contributed by atoms with Crippen LogP contribution in [0.15, 0.2) is 18.2 Å². The third kappa shape index (κ3) is 1.69. The Kier molecular flexibility index (Phi) is 3.51. The molecule has 3 heteroatoms. The molecule has 2 bridgehead atoms. The van der Waals surface area contributed by atoms with Gasteiger partial charge in [0.15, 0.2) is 0 Å². The number of rotatable bonds is 1. The molecule has 0 heterocycles. The Balaban J connectivity index is 0.00000146. The van der Waals surface area contributed by atoms with Gasteiger partial charge in [0.05, 0.1) is 13.5 Å². The minimum atomic E-state index is -0.418. The molecule has 3 fully saturated rings. The summed E-state index contributed by atoms with van der Waals surface area (Å²) in [5.41, 5.74) is 3.04. The summed E-state index contributed by atoms with van der Waals surface area (Å²) in [7, 11) is 1.76. The molecule has 4 aliphatic rings. The maximum atomic E-state index is 11.2. The zero-order valence-electron chi connectivity index (χ0n) is 14.6. The number of ether oxygens (including phenoxy) is 1. The van der Waals surface area contributed by atoms with Crippen molar-refractivity contribution in [3.63, 3.8) is 0 Å². The van der Waals surface area contributed by atoms with Gasteiger partial charge < -0.3 is 22.3 Å². The van der Waals surface area contributed by atoms with Gasteiger partial charge in [-0.15, -0.1) is 0 Å². The van der Waals surface area contributed by atoms with Crippen molar-refractivity contribution < 1.29 is 22.3 Å². The minimum Gasteiger partial charge on any atom is -1.00 e. The van der Waals surface area contributed by atoms with E-state index >= 15 is 0 Å². The van der Waals surface area contributed by atoms with Gasteiger partial charge in [0, 0.05) is 11.3 Å². The first-order valence-corrected chi connectivity index (χ1v) is 9.27. The van der Waals surface area contributed by atoms with Crippen LogP contribution in [0.1, 0.15) is 62.5 Å². The van der Waals surface area contributed by atoms with Crippen molar-refractivity contribution in [3.05, 3.63) is 35.7 Å². The van der Waals surface area contributed by atoms with Crippen molar-refractivity contribution in [2.24, 2.45) is 16.7 Å². The molecule has 0 unspecified atom stereocenters. The molecule has 5 atom stereocenters. The lowest BCUT2D eigenvalue weighted by atomic mass is 9.48. The van der Waals surface area contributed by atoms with E-state index in [0.717, 1.165) is 30.9 Å². The number of hydrogen-bond donors (Lipinski definition) is 1. The summed E-state index contributed by atoms with van der Waals surface area (Å²) < 4.78 is 5.42. The minimum absolute atomic E-state index is 0. The van der Waals surface area contributed by atoms with Crippen molar-refractivity contribution in [1.82, 2.24) is 0 Å². The van der Waals surface area contributed by atoms with Crippen molar-refractivity contribution in [2.45, 2.75) is 63.4 Å². The van der Waals surface area contributed by atoms with E-state index in [0.29, 0.717) is 5.92 Å². The lowest BCUT2D eigenvalue weighted by Gasteiger charge is -2.52. The topological polar surface area (TPSA) is 29.5 Å². The van der Waals surface area contributed by atoms with Crippen LogP contribution in [0.25, 0.3) is 0 Å². The van der Waals surface area contributed by atoms with Gasteiger partial charge >= 0.3 is 0 Å². The molecule has 2 nitrogen and oxygen atoms in total. The molecule has 130 valence electrons. The molecule has 24 heavy (non-hydrogen) atoms. The SMILES string of the molecule is COc1ccc2c(c1)CC[C@@H]1[C@@H]2CC[C@]2(C)[C@@]3(O)C[CH+][C@]12CC3.[Cl-]. The smallest absolute Gasteiger partial charge is 0.120 e. The highest BCUT2D eigenvalue weighted by Gasteiger charge is 2.79. The normalized spacial score (nSPS) is 44.6. The molecule has 5 rings (SSSR count). The molecule has 0 amide bonds. The van der Waals surface area contributed by atoms with Gasteiger partial charge in [-0.05, 0) is 67.7 Å². The Labute approximate surface area is 151 Å². The van der Waals surface area contributed by atoms with Crippen LogP contribution in [0.3, 0.4) is 0 Å². The van der Waals surface area contributed by atoms with Crippen LogP contribution in [0.5, 0.6) is 5.75 Å². The fourth-order valence-corrected chi connectivity index (χ4v) is 7.05. The maximum Gasteiger partial charge on any atom is 0.120 e. The third-order valence-electron chi connectivity index (χ3n) is 8.39. The summed E-state index contributed by atoms with van der Waals surface area (Å²) in [5.74, 6) is 2.39. The Morgan fingerprint density at radius 3 is 2.75 bits per heavy atom. The van der Waals surface area contributed by atoms with E-state index in [2.05, 4.69) is 31.5 Å². The summed E-state index contributed by atoms with van der Waals surface area (Å²) >= 11 is 0. The molecule has 4 aliphatic carbocycles. The van der Waals surface area contributed by atoms with Crippen molar-refractivity contribution in [3.8, 4) is 5.75 Å². The number of halogens is 1. The maximum absolute atomic E-state index is 11.2. The van der Waals surface area contributed by atoms with Crippen LogP contribution in [0, 0.1) is 23.2 Å². The average molecular weight is 347 g/mol. The first-order chi connectivity index (χ1) is 11.0. The predicted octanol–water partition coefficient (Wildman–Crippen LogP) is 1.26. The van der Waals surface area contributed by atoms with Crippen LogP contribution in [0.2, 0.25) is 0 Å². The molecule has 1 aromatic carbocycles. The van der Waals surface area contributed by atoms with E-state index in [9.17, 15) is 5.11 Å². The summed E-state index contributed by atoms with van der Waals surface area (Å²) in [6.07, 6.45) is 10.5. The Bertz CT molecular complexity index is 662. The second-order valence-corrected chi connectivity index (χ2v) is 8.67. The summed E-state index contributed by atoms with van der Waals surface area (Å²) in [4.78, 5) is 0. The first-order valence-electron chi connectivity index (χ1n) is 9.27. The van der Waals surface area contributed by atoms with Crippen molar-refractivity contribution in [1.29, 1.82) is 0 Å². The van der Waals surface area contributed by atoms with E-state index in [1.54, 1.807) is 12.7 Å². The monoisotopic (exact) mass is 346 g/mol. The van der Waals surface area contributed by atoms with E-state index in [1.807, 2.05) is 0 Å². The predicted molar refractivity (Wildman–Crippen MR) is 90.4 cm³/mol. The molecular weight excluding hydrogens is 320 g/mol. The molecule has 0 spiro atoms. The largest absolute Gasteiger partial charge is 1.00 e. The highest BCUT2D eigenvalue weighted by atomic mass is 35.5. The second kappa shape index (κ2) is 5.08. The molecular formula is C21H27ClO2. The van der Waals surface area contributed by atoms with Gasteiger partial charge in [-0.2, -0.15) is 0 Å². The molecule has 0 radical (unpaired) electrons. The van der Waals surface area contributed by atoms with Gasteiger partial charge in [0.2, 0.25) is 0 Å². The standard InChI is InChI=1S/C21H27O2.ClH/c1-19-8-7-17-16-5-4-15(23-2)13-14(16)3-6-18(17)20(19)9-11-21(19,22)12-10-20;/h4-5,9,13,17-18,22H,3,6-8,10-12H2,1-2H3;1H/q+1;/p-1/t17-,18-,19+,20+,21-;/m1./s1. The summed E-state index contributed by atoms with van der Waals surface area (Å²) in [6, 6.07) is 6.71. The van der Waals surface area contributed by atoms with E-state index in [1.165, 1.54) is 31.2 Å². The number of fused-ring (bicyclic) bond motifs is 3. The third-order valence-corrected chi connectivity index (χ3v) is 8.39. The number of hydrogen-bond acceptors (Lipinski definition) is 2. The van der Waals surface area contributed by atoms with E-state index in [4.69, 9.17) is 4.74 Å². The first kappa shape index (κ1) is 16.6. The fourth-order valence-electron chi connectivity index (χ4n) is 7.05. The van der Waals surface area contributed by atoms with E-state index in [-0.39, 0.29) is 23.2 Å². The quantitative estimate of drug-likeness (QED) is 0.776. The van der Waals surface area contributed by atoms with Crippen molar-refractivity contribution >= 4 is 0 Å². The highest BCUT2D eigenvalue weighted by Crippen LogP contribution is 2.77. The number of benzene rings is 1. The number of aryl methyl sites for hydroxylation is 1. The Hall–Kier alpha value is -0.860. The number of methoxy groups -OCH3 is 1. The second-order valence-electron chi connectivity index (χ2n) is 8.67. The molecule has 0 aliphatic heterocycles. The molecule has 1 aromatic rings. The highest BCUT2D eigenvalue weighted by molar-refractivity contribution is 5.43. The van der Waals surface area contributed by atoms with Crippen LogP contribution < -0.4 is 17.1 Å². The summed E-state index contributed by atoms with van der Waals surface area (Å²) in [5, 5.41) is 11.2. The summed E-state index contributed by atoms with van der Waals surface area (Å²) in [6.45, 7) is 2.39. The fraction of sp³-hybridized carbons (Fsp3) is 0.667. The lowest BCUT2D eigenvalue weighted by Crippen LogP contribution is -3.00. The van der Waals surface area contributed by atoms with Gasteiger partial charge in [0.1, 0.15) is 23.2 Å². The van der Waals surface area contributed by atoms with Gasteiger partial charge in [-0.1, -0.05) is 13.0 Å².